The second kappa shape index (κ2) is 8.64. The Morgan fingerprint density at radius 2 is 1.92 bits per heavy atom. The molecule has 2 N–H and O–H groups in total. The van der Waals surface area contributed by atoms with Crippen LogP contribution in [0.4, 0.5) is 5.69 Å². The maximum atomic E-state index is 12.5. The van der Waals surface area contributed by atoms with Crippen molar-refractivity contribution in [3.8, 4) is 0 Å². The van der Waals surface area contributed by atoms with Crippen molar-refractivity contribution >= 4 is 27.6 Å². The highest BCUT2D eigenvalue weighted by molar-refractivity contribution is 7.89. The minimum atomic E-state index is -3.24. The summed E-state index contributed by atoms with van der Waals surface area (Å²) in [7, 11) is -3.24. The number of sulfonamides is 1. The average Bonchev–Trinajstić information content (AvgIpc) is 2.61. The molecule has 1 fully saturated rings. The summed E-state index contributed by atoms with van der Waals surface area (Å²) in [6, 6.07) is 4.59. The van der Waals surface area contributed by atoms with Crippen molar-refractivity contribution in [2.75, 3.05) is 24.2 Å². The predicted octanol–water partition coefficient (Wildman–Crippen LogP) is 2.47. The number of aromatic carboxylic acids is 1. The molecule has 8 heteroatoms. The van der Waals surface area contributed by atoms with Crippen molar-refractivity contribution < 1.29 is 23.1 Å². The van der Waals surface area contributed by atoms with Gasteiger partial charge in [-0.2, -0.15) is 0 Å². The van der Waals surface area contributed by atoms with Crippen LogP contribution in [0.3, 0.4) is 0 Å². The van der Waals surface area contributed by atoms with E-state index in [9.17, 15) is 18.0 Å². The number of nitrogens with zero attached hydrogens (tertiary/aromatic N) is 1. The Hall–Kier alpha value is -1.93. The summed E-state index contributed by atoms with van der Waals surface area (Å²) in [5, 5.41) is 11.9. The van der Waals surface area contributed by atoms with Crippen molar-refractivity contribution in [2.45, 2.75) is 39.5 Å². The first-order valence-electron chi connectivity index (χ1n) is 8.87. The van der Waals surface area contributed by atoms with Gasteiger partial charge in [-0.1, -0.05) is 19.4 Å². The molecule has 0 radical (unpaired) electrons. The molecule has 1 aromatic carbocycles. The highest BCUT2D eigenvalue weighted by atomic mass is 32.2. The zero-order chi connectivity index (χ0) is 19.3. The number of carbonyl (C=O) groups is 2. The second-order valence-electron chi connectivity index (χ2n) is 6.67. The summed E-state index contributed by atoms with van der Waals surface area (Å²) < 4.78 is 25.9. The van der Waals surface area contributed by atoms with Crippen LogP contribution in [0, 0.1) is 12.8 Å². The maximum Gasteiger partial charge on any atom is 0.335 e. The van der Waals surface area contributed by atoms with E-state index in [2.05, 4.69) is 5.32 Å². The van der Waals surface area contributed by atoms with Gasteiger partial charge in [0, 0.05) is 24.7 Å². The van der Waals surface area contributed by atoms with Gasteiger partial charge in [0.05, 0.1) is 11.3 Å². The fourth-order valence-electron chi connectivity index (χ4n) is 2.98. The third kappa shape index (κ3) is 5.04. The van der Waals surface area contributed by atoms with E-state index in [1.807, 2.05) is 6.92 Å². The molecule has 26 heavy (non-hydrogen) atoms. The van der Waals surface area contributed by atoms with E-state index < -0.39 is 16.0 Å². The third-order valence-corrected chi connectivity index (χ3v) is 6.67. The van der Waals surface area contributed by atoms with Gasteiger partial charge in [0.2, 0.25) is 15.9 Å². The predicted molar refractivity (Wildman–Crippen MR) is 99.8 cm³/mol. The van der Waals surface area contributed by atoms with Gasteiger partial charge in [-0.25, -0.2) is 17.5 Å². The van der Waals surface area contributed by atoms with Crippen LogP contribution in [-0.2, 0) is 14.8 Å². The SMILES string of the molecule is CCCCS(=O)(=O)N1CCC(C(=O)Nc2cc(C(=O)O)ccc2C)CC1. The number of nitrogens with one attached hydrogen (secondary N) is 1. The molecule has 1 aromatic rings. The van der Waals surface area contributed by atoms with Crippen LogP contribution in [0.1, 0.15) is 48.5 Å². The highest BCUT2D eigenvalue weighted by Crippen LogP contribution is 2.24. The van der Waals surface area contributed by atoms with Crippen LogP contribution in [0.25, 0.3) is 0 Å². The molecule has 0 saturated carbocycles. The fraction of sp³-hybridized carbons (Fsp3) is 0.556. The van der Waals surface area contributed by atoms with Crippen LogP contribution < -0.4 is 5.32 Å². The number of unbranched alkanes of at least 4 members (excludes halogenated alkanes) is 1. The fourth-order valence-corrected chi connectivity index (χ4v) is 4.66. The minimum absolute atomic E-state index is 0.114. The zero-order valence-corrected chi connectivity index (χ0v) is 16.0. The molecule has 0 bridgehead atoms. The number of benzene rings is 1. The first-order chi connectivity index (χ1) is 12.2. The van der Waals surface area contributed by atoms with E-state index in [4.69, 9.17) is 5.11 Å². The molecule has 0 aliphatic carbocycles. The molecule has 7 nitrogen and oxygen atoms in total. The van der Waals surface area contributed by atoms with Crippen LogP contribution in [0.2, 0.25) is 0 Å². The molecule has 1 saturated heterocycles. The number of piperidine rings is 1. The van der Waals surface area contributed by atoms with Gasteiger partial charge in [-0.15, -0.1) is 0 Å². The molecule has 1 aliphatic rings. The highest BCUT2D eigenvalue weighted by Gasteiger charge is 2.30. The quantitative estimate of drug-likeness (QED) is 0.754. The minimum Gasteiger partial charge on any atom is -0.478 e. The normalized spacial score (nSPS) is 16.4. The Morgan fingerprint density at radius 3 is 2.50 bits per heavy atom. The lowest BCUT2D eigenvalue weighted by atomic mass is 9.97. The molecular weight excluding hydrogens is 356 g/mol. The Morgan fingerprint density at radius 1 is 1.27 bits per heavy atom. The van der Waals surface area contributed by atoms with Crippen LogP contribution >= 0.6 is 0 Å². The van der Waals surface area contributed by atoms with Crippen LogP contribution in [-0.4, -0.2) is 48.5 Å². The molecule has 2 rings (SSSR count). The summed E-state index contributed by atoms with van der Waals surface area (Å²) in [5.74, 6) is -1.37. The first kappa shape index (κ1) is 20.4. The number of carbonyl (C=O) groups excluding carboxylic acids is 1. The number of hydrogen-bond acceptors (Lipinski definition) is 4. The molecule has 0 aromatic heterocycles. The molecule has 1 aliphatic heterocycles. The third-order valence-electron chi connectivity index (χ3n) is 4.72. The molecular formula is C18H26N2O5S. The van der Waals surface area contributed by atoms with E-state index in [0.717, 1.165) is 12.0 Å². The lowest BCUT2D eigenvalue weighted by Gasteiger charge is -2.30. The molecule has 0 atom stereocenters. The Bertz CT molecular complexity index is 768. The monoisotopic (exact) mass is 382 g/mol. The number of aryl methyl sites for hydroxylation is 1. The van der Waals surface area contributed by atoms with Crippen LogP contribution in [0.15, 0.2) is 18.2 Å². The Labute approximate surface area is 154 Å². The van der Waals surface area contributed by atoms with Gasteiger partial charge in [0.15, 0.2) is 0 Å². The van der Waals surface area contributed by atoms with E-state index in [1.165, 1.54) is 16.4 Å². The van der Waals surface area contributed by atoms with Gasteiger partial charge in [0.25, 0.3) is 0 Å². The summed E-state index contributed by atoms with van der Waals surface area (Å²) in [6.45, 7) is 4.44. The second-order valence-corrected chi connectivity index (χ2v) is 8.76. The standard InChI is InChI=1S/C18H26N2O5S/c1-3-4-11-26(24,25)20-9-7-14(8-10-20)17(21)19-16-12-15(18(22)23)6-5-13(16)2/h5-6,12,14H,3-4,7-11H2,1-2H3,(H,19,21)(H,22,23). The maximum absolute atomic E-state index is 12.5. The van der Waals surface area contributed by atoms with E-state index in [-0.39, 0.29) is 23.1 Å². The van der Waals surface area contributed by atoms with Crippen molar-refractivity contribution in [3.63, 3.8) is 0 Å². The smallest absolute Gasteiger partial charge is 0.335 e. The Balaban J connectivity index is 1.97. The molecule has 1 heterocycles. The number of hydrogen-bond donors (Lipinski definition) is 2. The number of rotatable bonds is 7. The van der Waals surface area contributed by atoms with E-state index in [1.54, 1.807) is 13.0 Å². The van der Waals surface area contributed by atoms with Gasteiger partial charge < -0.3 is 10.4 Å². The lowest BCUT2D eigenvalue weighted by Crippen LogP contribution is -2.42. The zero-order valence-electron chi connectivity index (χ0n) is 15.2. The van der Waals surface area contributed by atoms with Gasteiger partial charge >= 0.3 is 5.97 Å². The number of carboxylic acid groups (broad SMARTS) is 1. The van der Waals surface area contributed by atoms with Crippen molar-refractivity contribution in [3.05, 3.63) is 29.3 Å². The topological polar surface area (TPSA) is 104 Å². The van der Waals surface area contributed by atoms with E-state index >= 15 is 0 Å². The lowest BCUT2D eigenvalue weighted by molar-refractivity contribution is -0.120. The van der Waals surface area contributed by atoms with Gasteiger partial charge in [0.1, 0.15) is 0 Å². The molecule has 144 valence electrons. The van der Waals surface area contributed by atoms with Crippen LogP contribution in [0.5, 0.6) is 0 Å². The summed E-state index contributed by atoms with van der Waals surface area (Å²) >= 11 is 0. The van der Waals surface area contributed by atoms with Gasteiger partial charge in [-0.3, -0.25) is 4.79 Å². The summed E-state index contributed by atoms with van der Waals surface area (Å²) in [5.41, 5.74) is 1.37. The van der Waals surface area contributed by atoms with Crippen molar-refractivity contribution in [2.24, 2.45) is 5.92 Å². The van der Waals surface area contributed by atoms with Gasteiger partial charge in [-0.05, 0) is 43.9 Å². The average molecular weight is 382 g/mol. The number of amides is 1. The summed E-state index contributed by atoms with van der Waals surface area (Å²) in [4.78, 5) is 23.6. The van der Waals surface area contributed by atoms with Crippen molar-refractivity contribution in [1.29, 1.82) is 0 Å². The molecule has 0 spiro atoms. The number of carboxylic acids is 1. The molecule has 1 amide bonds. The summed E-state index contributed by atoms with van der Waals surface area (Å²) in [6.07, 6.45) is 2.40. The Kier molecular flexibility index (Phi) is 6.77. The van der Waals surface area contributed by atoms with E-state index in [0.29, 0.717) is 38.0 Å². The molecule has 0 unspecified atom stereocenters. The first-order valence-corrected chi connectivity index (χ1v) is 10.5. The number of anilines is 1. The van der Waals surface area contributed by atoms with Crippen molar-refractivity contribution in [1.82, 2.24) is 4.31 Å². The largest absolute Gasteiger partial charge is 0.478 e.